The van der Waals surface area contributed by atoms with E-state index < -0.39 is 12.0 Å². The van der Waals surface area contributed by atoms with Crippen molar-refractivity contribution in [2.75, 3.05) is 14.2 Å². The number of halogens is 1. The zero-order chi connectivity index (χ0) is 25.4. The summed E-state index contributed by atoms with van der Waals surface area (Å²) in [6.45, 7) is 1.75. The van der Waals surface area contributed by atoms with Crippen LogP contribution in [0.4, 0.5) is 0 Å². The Kier molecular flexibility index (Phi) is 6.51. The molecule has 5 rings (SSSR count). The Morgan fingerprint density at radius 3 is 2.61 bits per heavy atom. The van der Waals surface area contributed by atoms with Crippen LogP contribution >= 0.6 is 27.3 Å². The van der Waals surface area contributed by atoms with Crippen molar-refractivity contribution in [1.82, 2.24) is 4.57 Å². The highest BCUT2D eigenvalue weighted by molar-refractivity contribution is 9.10. The molecule has 0 saturated heterocycles. The molecule has 1 atom stereocenters. The molecule has 7 nitrogen and oxygen atoms in total. The van der Waals surface area contributed by atoms with Crippen LogP contribution in [0.1, 0.15) is 24.3 Å². The van der Waals surface area contributed by atoms with Crippen LogP contribution in [-0.2, 0) is 9.53 Å². The Morgan fingerprint density at radius 1 is 1.14 bits per heavy atom. The molecule has 0 aliphatic carbocycles. The lowest BCUT2D eigenvalue weighted by atomic mass is 9.96. The summed E-state index contributed by atoms with van der Waals surface area (Å²) in [5.41, 5.74) is 2.22. The third-order valence-electron chi connectivity index (χ3n) is 5.87. The van der Waals surface area contributed by atoms with Crippen LogP contribution in [0, 0.1) is 0 Å². The second kappa shape index (κ2) is 9.75. The summed E-state index contributed by atoms with van der Waals surface area (Å²) >= 11 is 4.72. The van der Waals surface area contributed by atoms with Gasteiger partial charge in [0.2, 0.25) is 0 Å². The van der Waals surface area contributed by atoms with Gasteiger partial charge >= 0.3 is 5.97 Å². The Labute approximate surface area is 218 Å². The molecule has 0 bridgehead atoms. The van der Waals surface area contributed by atoms with E-state index in [0.29, 0.717) is 37.9 Å². The first kappa shape index (κ1) is 24.0. The highest BCUT2D eigenvalue weighted by Gasteiger charge is 2.33. The van der Waals surface area contributed by atoms with Gasteiger partial charge in [-0.3, -0.25) is 9.36 Å². The van der Waals surface area contributed by atoms with E-state index in [4.69, 9.17) is 13.9 Å². The normalized spacial score (nSPS) is 15.4. The molecule has 2 aromatic carbocycles. The van der Waals surface area contributed by atoms with Crippen LogP contribution in [0.2, 0.25) is 0 Å². The minimum Gasteiger partial charge on any atom is -0.497 e. The molecule has 2 aromatic heterocycles. The number of hydrogen-bond acceptors (Lipinski definition) is 7. The summed E-state index contributed by atoms with van der Waals surface area (Å²) in [6, 6.07) is 18.0. The fourth-order valence-electron chi connectivity index (χ4n) is 4.15. The molecule has 1 aliphatic rings. The number of benzene rings is 2. The summed E-state index contributed by atoms with van der Waals surface area (Å²) in [5, 5.41) is 0. The number of nitrogens with zero attached hydrogens (tertiary/aromatic N) is 2. The van der Waals surface area contributed by atoms with Gasteiger partial charge in [0.15, 0.2) is 4.80 Å². The van der Waals surface area contributed by atoms with Crippen molar-refractivity contribution in [2.24, 2.45) is 4.99 Å². The van der Waals surface area contributed by atoms with Gasteiger partial charge in [0.1, 0.15) is 17.3 Å². The molecule has 0 radical (unpaired) electrons. The van der Waals surface area contributed by atoms with Gasteiger partial charge in [0.25, 0.3) is 5.56 Å². The van der Waals surface area contributed by atoms with Crippen molar-refractivity contribution in [3.8, 4) is 17.1 Å². The number of carbonyl (C=O) groups excluding carboxylic acids is 1. The molecule has 182 valence electrons. The minimum atomic E-state index is -0.685. The average molecular weight is 565 g/mol. The molecular formula is C27H21BrN2O5S. The first-order chi connectivity index (χ1) is 17.4. The third-order valence-corrected chi connectivity index (χ3v) is 7.34. The van der Waals surface area contributed by atoms with Gasteiger partial charge in [-0.25, -0.2) is 9.79 Å². The Morgan fingerprint density at radius 2 is 1.92 bits per heavy atom. The molecule has 9 heteroatoms. The maximum Gasteiger partial charge on any atom is 0.338 e. The summed E-state index contributed by atoms with van der Waals surface area (Å²) in [5.74, 6) is 1.37. The number of rotatable bonds is 5. The van der Waals surface area contributed by atoms with Crippen LogP contribution in [0.15, 0.2) is 90.6 Å². The summed E-state index contributed by atoms with van der Waals surface area (Å²) in [7, 11) is 2.90. The second-order valence-corrected chi connectivity index (χ2v) is 9.98. The highest BCUT2D eigenvalue weighted by Crippen LogP contribution is 2.31. The minimum absolute atomic E-state index is 0.270. The molecule has 4 aromatic rings. The molecule has 0 N–H and O–H groups in total. The monoisotopic (exact) mass is 564 g/mol. The third kappa shape index (κ3) is 4.36. The fourth-order valence-corrected chi connectivity index (χ4v) is 5.58. The van der Waals surface area contributed by atoms with E-state index in [2.05, 4.69) is 20.9 Å². The highest BCUT2D eigenvalue weighted by atomic mass is 79.9. The first-order valence-corrected chi connectivity index (χ1v) is 12.6. The van der Waals surface area contributed by atoms with Crippen molar-refractivity contribution in [1.29, 1.82) is 0 Å². The van der Waals surface area contributed by atoms with Gasteiger partial charge in [-0.05, 0) is 48.9 Å². The molecule has 1 aliphatic heterocycles. The van der Waals surface area contributed by atoms with E-state index in [1.54, 1.807) is 32.2 Å². The van der Waals surface area contributed by atoms with Crippen molar-refractivity contribution in [2.45, 2.75) is 13.0 Å². The van der Waals surface area contributed by atoms with E-state index in [0.717, 1.165) is 15.6 Å². The number of allylic oxidation sites excluding steroid dienone is 1. The predicted molar refractivity (Wildman–Crippen MR) is 141 cm³/mol. The molecule has 3 heterocycles. The standard InChI is InChI=1S/C27H21BrN2O5S/c1-15-23(26(32)34-3)24(16-7-9-19(33-2)10-8-16)30-25(31)22(36-27(30)29-15)14-20-11-12-21(35-20)17-5-4-6-18(28)13-17/h4-14,24H,1-3H3/b22-14+/t24-/m0/s1. The lowest BCUT2D eigenvalue weighted by molar-refractivity contribution is -0.136. The van der Waals surface area contributed by atoms with Crippen molar-refractivity contribution >= 4 is 39.3 Å². The van der Waals surface area contributed by atoms with Gasteiger partial charge in [-0.2, -0.15) is 0 Å². The largest absolute Gasteiger partial charge is 0.497 e. The quantitative estimate of drug-likeness (QED) is 0.335. The van der Waals surface area contributed by atoms with E-state index in [1.165, 1.54) is 23.0 Å². The van der Waals surface area contributed by atoms with Crippen molar-refractivity contribution in [3.05, 3.63) is 107 Å². The van der Waals surface area contributed by atoms with Gasteiger partial charge in [-0.15, -0.1) is 0 Å². The second-order valence-electron chi connectivity index (χ2n) is 8.06. The molecule has 0 saturated carbocycles. The molecule has 0 spiro atoms. The maximum atomic E-state index is 13.6. The zero-order valence-corrected chi connectivity index (χ0v) is 22.1. The topological polar surface area (TPSA) is 83.0 Å². The van der Waals surface area contributed by atoms with E-state index in [-0.39, 0.29) is 5.56 Å². The number of methoxy groups -OCH3 is 2. The molecule has 0 amide bonds. The van der Waals surface area contributed by atoms with Gasteiger partial charge in [0, 0.05) is 16.1 Å². The van der Waals surface area contributed by atoms with Crippen molar-refractivity contribution < 1.29 is 18.7 Å². The molecular weight excluding hydrogens is 544 g/mol. The Bertz CT molecular complexity index is 1680. The maximum absolute atomic E-state index is 13.6. The number of thiazole rings is 1. The SMILES string of the molecule is COC(=O)C1=C(C)N=c2s/c(=C/c3ccc(-c4cccc(Br)c4)o3)c(=O)n2[C@H]1c1ccc(OC)cc1. The summed E-state index contributed by atoms with van der Waals surface area (Å²) in [6.07, 6.45) is 1.70. The number of esters is 1. The van der Waals surface area contributed by atoms with Gasteiger partial charge < -0.3 is 13.9 Å². The van der Waals surface area contributed by atoms with Crippen LogP contribution in [0.3, 0.4) is 0 Å². The van der Waals surface area contributed by atoms with E-state index >= 15 is 0 Å². The van der Waals surface area contributed by atoms with E-state index in [1.807, 2.05) is 48.5 Å². The molecule has 0 unspecified atom stereocenters. The number of ether oxygens (including phenoxy) is 2. The van der Waals surface area contributed by atoms with Crippen LogP contribution < -0.4 is 19.6 Å². The van der Waals surface area contributed by atoms with Crippen LogP contribution in [-0.4, -0.2) is 24.8 Å². The Balaban J connectivity index is 1.64. The number of furan rings is 1. The zero-order valence-electron chi connectivity index (χ0n) is 19.7. The number of hydrogen-bond donors (Lipinski definition) is 0. The number of aromatic nitrogens is 1. The lowest BCUT2D eigenvalue weighted by Crippen LogP contribution is -2.39. The van der Waals surface area contributed by atoms with E-state index in [9.17, 15) is 9.59 Å². The fraction of sp³-hybridized carbons (Fsp3) is 0.148. The Hall–Kier alpha value is -3.69. The first-order valence-electron chi connectivity index (χ1n) is 11.0. The van der Waals surface area contributed by atoms with Gasteiger partial charge in [0.05, 0.1) is 36.1 Å². The smallest absolute Gasteiger partial charge is 0.338 e. The average Bonchev–Trinajstić information content (AvgIpc) is 3.47. The number of fused-ring (bicyclic) bond motifs is 1. The summed E-state index contributed by atoms with van der Waals surface area (Å²) in [4.78, 5) is 31.5. The lowest BCUT2D eigenvalue weighted by Gasteiger charge is -2.24. The number of carbonyl (C=O) groups is 1. The predicted octanol–water partition coefficient (Wildman–Crippen LogP) is 4.44. The van der Waals surface area contributed by atoms with Crippen molar-refractivity contribution in [3.63, 3.8) is 0 Å². The van der Waals surface area contributed by atoms with Crippen LogP contribution in [0.5, 0.6) is 5.75 Å². The molecule has 0 fully saturated rings. The molecule has 36 heavy (non-hydrogen) atoms. The van der Waals surface area contributed by atoms with Gasteiger partial charge in [-0.1, -0.05) is 51.5 Å². The summed E-state index contributed by atoms with van der Waals surface area (Å²) < 4.78 is 19.3. The van der Waals surface area contributed by atoms with Crippen LogP contribution in [0.25, 0.3) is 17.4 Å².